The van der Waals surface area contributed by atoms with Gasteiger partial charge in [-0.25, -0.2) is 0 Å². The molecule has 2 atom stereocenters. The van der Waals surface area contributed by atoms with Gasteiger partial charge in [-0.1, -0.05) is 5.16 Å². The summed E-state index contributed by atoms with van der Waals surface area (Å²) in [6.45, 7) is 0.843. The SMILES string of the molecule is O=C(O)CC1CCNC(c2ccon2)C1. The summed E-state index contributed by atoms with van der Waals surface area (Å²) >= 11 is 0. The first kappa shape index (κ1) is 10.2. The second-order valence-corrected chi connectivity index (χ2v) is 3.92. The predicted molar refractivity (Wildman–Crippen MR) is 52.2 cm³/mol. The largest absolute Gasteiger partial charge is 0.481 e. The van der Waals surface area contributed by atoms with Crippen LogP contribution in [-0.2, 0) is 4.79 Å². The lowest BCUT2D eigenvalue weighted by Crippen LogP contribution is -2.32. The van der Waals surface area contributed by atoms with Crippen LogP contribution in [0.25, 0.3) is 0 Å². The van der Waals surface area contributed by atoms with Crippen LogP contribution in [0.4, 0.5) is 0 Å². The minimum atomic E-state index is -0.721. The smallest absolute Gasteiger partial charge is 0.303 e. The zero-order valence-corrected chi connectivity index (χ0v) is 8.35. The number of aliphatic carboxylic acids is 1. The first-order valence-electron chi connectivity index (χ1n) is 5.11. The molecule has 0 aliphatic carbocycles. The summed E-state index contributed by atoms with van der Waals surface area (Å²) in [5.74, 6) is -0.480. The number of aromatic nitrogens is 1. The molecule has 0 amide bonds. The number of carboxylic acid groups (broad SMARTS) is 1. The zero-order chi connectivity index (χ0) is 10.7. The van der Waals surface area contributed by atoms with Gasteiger partial charge < -0.3 is 14.9 Å². The molecule has 5 nitrogen and oxygen atoms in total. The van der Waals surface area contributed by atoms with Gasteiger partial charge in [0.2, 0.25) is 0 Å². The Hall–Kier alpha value is -1.36. The Labute approximate surface area is 87.5 Å². The zero-order valence-electron chi connectivity index (χ0n) is 8.35. The van der Waals surface area contributed by atoms with Crippen molar-refractivity contribution in [1.29, 1.82) is 0 Å². The van der Waals surface area contributed by atoms with Crippen molar-refractivity contribution >= 4 is 5.97 Å². The quantitative estimate of drug-likeness (QED) is 0.783. The van der Waals surface area contributed by atoms with Crippen LogP contribution in [0.1, 0.15) is 31.0 Å². The van der Waals surface area contributed by atoms with E-state index in [0.29, 0.717) is 0 Å². The average Bonchev–Trinajstić information content (AvgIpc) is 2.69. The summed E-state index contributed by atoms with van der Waals surface area (Å²) < 4.78 is 4.78. The molecule has 15 heavy (non-hydrogen) atoms. The first-order valence-corrected chi connectivity index (χ1v) is 5.11. The van der Waals surface area contributed by atoms with Gasteiger partial charge in [-0.2, -0.15) is 0 Å². The predicted octanol–water partition coefficient (Wildman–Crippen LogP) is 1.19. The van der Waals surface area contributed by atoms with Gasteiger partial charge >= 0.3 is 5.97 Å². The lowest BCUT2D eigenvalue weighted by atomic mass is 9.88. The van der Waals surface area contributed by atoms with E-state index in [-0.39, 0.29) is 18.4 Å². The summed E-state index contributed by atoms with van der Waals surface area (Å²) in [6.07, 6.45) is 3.52. The number of carboxylic acids is 1. The van der Waals surface area contributed by atoms with E-state index in [1.807, 2.05) is 6.07 Å². The molecule has 2 unspecified atom stereocenters. The van der Waals surface area contributed by atoms with Crippen LogP contribution in [-0.4, -0.2) is 22.8 Å². The van der Waals surface area contributed by atoms with Crippen molar-refractivity contribution in [1.82, 2.24) is 10.5 Å². The molecule has 82 valence electrons. The molecular formula is C10H14N2O3. The summed E-state index contributed by atoms with van der Waals surface area (Å²) in [4.78, 5) is 10.6. The number of hydrogen-bond acceptors (Lipinski definition) is 4. The molecule has 0 spiro atoms. The Balaban J connectivity index is 1.95. The van der Waals surface area contributed by atoms with E-state index >= 15 is 0 Å². The minimum absolute atomic E-state index is 0.141. The van der Waals surface area contributed by atoms with Crippen LogP contribution in [0.5, 0.6) is 0 Å². The van der Waals surface area contributed by atoms with Crippen molar-refractivity contribution in [3.8, 4) is 0 Å². The molecule has 1 fully saturated rings. The second kappa shape index (κ2) is 4.44. The molecule has 1 saturated heterocycles. The van der Waals surface area contributed by atoms with Gasteiger partial charge in [0.05, 0.1) is 6.04 Å². The minimum Gasteiger partial charge on any atom is -0.481 e. The number of carbonyl (C=O) groups is 1. The maximum atomic E-state index is 10.6. The lowest BCUT2D eigenvalue weighted by Gasteiger charge is -2.28. The highest BCUT2D eigenvalue weighted by Crippen LogP contribution is 2.28. The van der Waals surface area contributed by atoms with Crippen LogP contribution in [0, 0.1) is 5.92 Å². The van der Waals surface area contributed by atoms with Gasteiger partial charge in [-0.05, 0) is 25.3 Å². The van der Waals surface area contributed by atoms with Gasteiger partial charge in [0.1, 0.15) is 12.0 Å². The maximum Gasteiger partial charge on any atom is 0.303 e. The third-order valence-electron chi connectivity index (χ3n) is 2.79. The highest BCUT2D eigenvalue weighted by molar-refractivity contribution is 5.67. The molecule has 0 aromatic carbocycles. The number of hydrogen-bond donors (Lipinski definition) is 2. The Morgan fingerprint density at radius 3 is 3.27 bits per heavy atom. The molecular weight excluding hydrogens is 196 g/mol. The molecule has 1 aliphatic rings. The van der Waals surface area contributed by atoms with Gasteiger partial charge in [0.15, 0.2) is 0 Å². The monoisotopic (exact) mass is 210 g/mol. The van der Waals surface area contributed by atoms with Gasteiger partial charge in [-0.15, -0.1) is 0 Å². The van der Waals surface area contributed by atoms with Crippen LogP contribution in [0.15, 0.2) is 16.9 Å². The molecule has 2 rings (SSSR count). The van der Waals surface area contributed by atoms with E-state index in [1.54, 1.807) is 0 Å². The lowest BCUT2D eigenvalue weighted by molar-refractivity contribution is -0.138. The second-order valence-electron chi connectivity index (χ2n) is 3.92. The molecule has 0 bridgehead atoms. The summed E-state index contributed by atoms with van der Waals surface area (Å²) in [6, 6.07) is 1.96. The molecule has 1 aromatic heterocycles. The Bertz CT molecular complexity index is 323. The van der Waals surface area contributed by atoms with Gasteiger partial charge in [0.25, 0.3) is 0 Å². The van der Waals surface area contributed by atoms with E-state index in [1.165, 1.54) is 6.26 Å². The van der Waals surface area contributed by atoms with Crippen molar-refractivity contribution < 1.29 is 14.4 Å². The van der Waals surface area contributed by atoms with Crippen LogP contribution >= 0.6 is 0 Å². The Kier molecular flexibility index (Phi) is 3.01. The molecule has 0 radical (unpaired) electrons. The van der Waals surface area contributed by atoms with E-state index in [0.717, 1.165) is 25.1 Å². The molecule has 2 N–H and O–H groups in total. The number of nitrogens with one attached hydrogen (secondary N) is 1. The Morgan fingerprint density at radius 1 is 1.73 bits per heavy atom. The van der Waals surface area contributed by atoms with Crippen molar-refractivity contribution in [3.63, 3.8) is 0 Å². The number of rotatable bonds is 3. The molecule has 1 aromatic rings. The van der Waals surface area contributed by atoms with Crippen molar-refractivity contribution in [2.75, 3.05) is 6.54 Å². The first-order chi connectivity index (χ1) is 7.25. The molecule has 0 saturated carbocycles. The van der Waals surface area contributed by atoms with E-state index in [9.17, 15) is 4.79 Å². The third-order valence-corrected chi connectivity index (χ3v) is 2.79. The van der Waals surface area contributed by atoms with Gasteiger partial charge in [-0.3, -0.25) is 4.79 Å². The highest BCUT2D eigenvalue weighted by atomic mass is 16.5. The fourth-order valence-electron chi connectivity index (χ4n) is 2.06. The van der Waals surface area contributed by atoms with Gasteiger partial charge in [0, 0.05) is 12.5 Å². The van der Waals surface area contributed by atoms with E-state index in [4.69, 9.17) is 9.63 Å². The third kappa shape index (κ3) is 2.56. The van der Waals surface area contributed by atoms with E-state index < -0.39 is 5.97 Å². The van der Waals surface area contributed by atoms with Crippen LogP contribution in [0.3, 0.4) is 0 Å². The van der Waals surface area contributed by atoms with Crippen LogP contribution in [0.2, 0.25) is 0 Å². The summed E-state index contributed by atoms with van der Waals surface area (Å²) in [7, 11) is 0. The van der Waals surface area contributed by atoms with Crippen molar-refractivity contribution in [2.24, 2.45) is 5.92 Å². The fraction of sp³-hybridized carbons (Fsp3) is 0.600. The number of nitrogens with zero attached hydrogens (tertiary/aromatic N) is 1. The fourth-order valence-corrected chi connectivity index (χ4v) is 2.06. The maximum absolute atomic E-state index is 10.6. The topological polar surface area (TPSA) is 75.4 Å². The molecule has 5 heteroatoms. The standard InChI is InChI=1S/C10H14N2O3/c13-10(14)6-7-1-3-11-9(5-7)8-2-4-15-12-8/h2,4,7,9,11H,1,3,5-6H2,(H,13,14). The average molecular weight is 210 g/mol. The number of piperidine rings is 1. The summed E-state index contributed by atoms with van der Waals surface area (Å²) in [5, 5.41) is 15.9. The van der Waals surface area contributed by atoms with Crippen molar-refractivity contribution in [2.45, 2.75) is 25.3 Å². The van der Waals surface area contributed by atoms with E-state index in [2.05, 4.69) is 10.5 Å². The molecule has 1 aliphatic heterocycles. The van der Waals surface area contributed by atoms with Crippen molar-refractivity contribution in [3.05, 3.63) is 18.0 Å². The molecule has 2 heterocycles. The van der Waals surface area contributed by atoms with Crippen LogP contribution < -0.4 is 5.32 Å². The Morgan fingerprint density at radius 2 is 2.60 bits per heavy atom. The normalized spacial score (nSPS) is 26.4. The highest BCUT2D eigenvalue weighted by Gasteiger charge is 2.25. The summed E-state index contributed by atoms with van der Waals surface area (Å²) in [5.41, 5.74) is 0.866.